The Balaban J connectivity index is 1.67. The molecule has 2 aromatic carbocycles. The molecule has 0 aliphatic rings. The lowest BCUT2D eigenvalue weighted by Crippen LogP contribution is -2.28. The zero-order valence-electron chi connectivity index (χ0n) is 17.8. The molecule has 0 saturated heterocycles. The summed E-state index contributed by atoms with van der Waals surface area (Å²) in [5.74, 6) is 0. The van der Waals surface area contributed by atoms with Crippen molar-refractivity contribution in [2.45, 2.75) is 46.2 Å². The van der Waals surface area contributed by atoms with E-state index >= 15 is 0 Å². The molecule has 0 bridgehead atoms. The predicted octanol–water partition coefficient (Wildman–Crippen LogP) is 3.66. The van der Waals surface area contributed by atoms with E-state index in [1.54, 1.807) is 15.6 Å². The van der Waals surface area contributed by atoms with Crippen LogP contribution in [0.5, 0.6) is 0 Å². The summed E-state index contributed by atoms with van der Waals surface area (Å²) in [6.07, 6.45) is 3.57. The molecule has 4 aromatic rings. The Hall–Kier alpha value is -3.48. The predicted molar refractivity (Wildman–Crippen MR) is 117 cm³/mol. The maximum atomic E-state index is 12.8. The van der Waals surface area contributed by atoms with Crippen LogP contribution in [0.3, 0.4) is 0 Å². The molecule has 4 rings (SSSR count). The molecule has 2 aromatic heterocycles. The van der Waals surface area contributed by atoms with Crippen LogP contribution in [0, 0.1) is 0 Å². The Morgan fingerprint density at radius 1 is 1.00 bits per heavy atom. The molecule has 7 nitrogen and oxygen atoms in total. The molecule has 0 spiro atoms. The van der Waals surface area contributed by atoms with Crippen LogP contribution in [-0.4, -0.2) is 29.3 Å². The average molecular weight is 403 g/mol. The van der Waals surface area contributed by atoms with Crippen molar-refractivity contribution in [3.05, 3.63) is 82.8 Å². The largest absolute Gasteiger partial charge is 0.328 e. The van der Waals surface area contributed by atoms with Crippen molar-refractivity contribution >= 4 is 0 Å². The molecule has 0 aliphatic carbocycles. The molecule has 0 unspecified atom stereocenters. The van der Waals surface area contributed by atoms with Gasteiger partial charge in [-0.25, -0.2) is 4.79 Å². The maximum Gasteiger partial charge on any atom is 0.328 e. The minimum Gasteiger partial charge on any atom is -0.299 e. The van der Waals surface area contributed by atoms with E-state index in [1.807, 2.05) is 35.9 Å². The zero-order valence-corrected chi connectivity index (χ0v) is 17.8. The van der Waals surface area contributed by atoms with E-state index in [2.05, 4.69) is 66.6 Å². The van der Waals surface area contributed by atoms with Crippen LogP contribution in [0.2, 0.25) is 0 Å². The molecule has 30 heavy (non-hydrogen) atoms. The standard InChI is InChI=1S/C23H26N6O/c1-5-27-15-21(23(2,3)4)28(22(27)30)14-17-10-12-18(13-11-17)19-8-6-7-9-20(19)29-16-24-25-26-29/h6-13,15-16H,5,14H2,1-4H3. The molecule has 0 atom stereocenters. The van der Waals surface area contributed by atoms with Crippen LogP contribution in [-0.2, 0) is 18.5 Å². The molecule has 154 valence electrons. The number of nitrogens with zero attached hydrogens (tertiary/aromatic N) is 6. The Labute approximate surface area is 175 Å². The summed E-state index contributed by atoms with van der Waals surface area (Å²) >= 11 is 0. The van der Waals surface area contributed by atoms with Crippen LogP contribution >= 0.6 is 0 Å². The van der Waals surface area contributed by atoms with Gasteiger partial charge in [0.15, 0.2) is 0 Å². The van der Waals surface area contributed by atoms with Crippen molar-refractivity contribution in [3.63, 3.8) is 0 Å². The van der Waals surface area contributed by atoms with E-state index in [0.717, 1.165) is 28.1 Å². The van der Waals surface area contributed by atoms with Crippen LogP contribution in [0.15, 0.2) is 65.8 Å². The van der Waals surface area contributed by atoms with E-state index in [9.17, 15) is 4.79 Å². The third-order valence-corrected chi connectivity index (χ3v) is 5.26. The number of imidazole rings is 1. The second-order valence-electron chi connectivity index (χ2n) is 8.39. The minimum atomic E-state index is -0.107. The lowest BCUT2D eigenvalue weighted by molar-refractivity contribution is 0.525. The number of hydrogen-bond donors (Lipinski definition) is 0. The van der Waals surface area contributed by atoms with Gasteiger partial charge in [-0.15, -0.1) is 5.10 Å². The SMILES string of the molecule is CCn1cc(C(C)(C)C)n(Cc2ccc(-c3ccccc3-n3cnnn3)cc2)c1=O. The van der Waals surface area contributed by atoms with Gasteiger partial charge >= 0.3 is 5.69 Å². The second kappa shape index (κ2) is 7.74. The molecule has 0 aliphatic heterocycles. The molecule has 7 heteroatoms. The molecular formula is C23H26N6O. The normalized spacial score (nSPS) is 11.7. The number of hydrogen-bond acceptors (Lipinski definition) is 4. The summed E-state index contributed by atoms with van der Waals surface area (Å²) in [4.78, 5) is 12.8. The van der Waals surface area contributed by atoms with Gasteiger partial charge in [-0.05, 0) is 34.5 Å². The van der Waals surface area contributed by atoms with Crippen LogP contribution in [0.4, 0.5) is 0 Å². The fourth-order valence-electron chi connectivity index (χ4n) is 3.67. The first kappa shape index (κ1) is 19.8. The minimum absolute atomic E-state index is 0.0375. The van der Waals surface area contributed by atoms with Crippen LogP contribution in [0.25, 0.3) is 16.8 Å². The summed E-state index contributed by atoms with van der Waals surface area (Å²) in [7, 11) is 0. The van der Waals surface area contributed by atoms with E-state index in [1.165, 1.54) is 0 Å². The Morgan fingerprint density at radius 2 is 1.73 bits per heavy atom. The van der Waals surface area contributed by atoms with Gasteiger partial charge in [-0.3, -0.25) is 9.13 Å². The lowest BCUT2D eigenvalue weighted by atomic mass is 9.92. The van der Waals surface area contributed by atoms with Gasteiger partial charge in [0.1, 0.15) is 6.33 Å². The molecule has 0 saturated carbocycles. The first-order valence-corrected chi connectivity index (χ1v) is 10.1. The summed E-state index contributed by atoms with van der Waals surface area (Å²) in [5, 5.41) is 11.5. The summed E-state index contributed by atoms with van der Waals surface area (Å²) in [6.45, 7) is 9.62. The van der Waals surface area contributed by atoms with E-state index < -0.39 is 0 Å². The highest BCUT2D eigenvalue weighted by atomic mass is 16.1. The Kier molecular flexibility index (Phi) is 5.11. The van der Waals surface area contributed by atoms with Crippen molar-refractivity contribution in [3.8, 4) is 16.8 Å². The van der Waals surface area contributed by atoms with Crippen LogP contribution < -0.4 is 5.69 Å². The van der Waals surface area contributed by atoms with Crippen molar-refractivity contribution in [1.82, 2.24) is 29.3 Å². The molecule has 0 N–H and O–H groups in total. The number of aryl methyl sites for hydroxylation is 1. The van der Waals surface area contributed by atoms with Gasteiger partial charge in [0.05, 0.1) is 12.2 Å². The van der Waals surface area contributed by atoms with Crippen LogP contribution in [0.1, 0.15) is 39.0 Å². The van der Waals surface area contributed by atoms with Gasteiger partial charge in [-0.2, -0.15) is 4.68 Å². The van der Waals surface area contributed by atoms with Gasteiger partial charge < -0.3 is 0 Å². The zero-order chi connectivity index (χ0) is 21.3. The Bertz CT molecular complexity index is 1190. The molecule has 0 amide bonds. The molecular weight excluding hydrogens is 376 g/mol. The third-order valence-electron chi connectivity index (χ3n) is 5.26. The fraction of sp³-hybridized carbons (Fsp3) is 0.304. The van der Waals surface area contributed by atoms with Crippen molar-refractivity contribution < 1.29 is 0 Å². The number of benzene rings is 2. The fourth-order valence-corrected chi connectivity index (χ4v) is 3.67. The number of aromatic nitrogens is 6. The first-order chi connectivity index (χ1) is 14.4. The Morgan fingerprint density at radius 3 is 2.37 bits per heavy atom. The number of para-hydroxylation sites is 1. The van der Waals surface area contributed by atoms with Gasteiger partial charge in [-0.1, -0.05) is 63.2 Å². The summed E-state index contributed by atoms with van der Waals surface area (Å²) in [5.41, 5.74) is 5.09. The van der Waals surface area contributed by atoms with Gasteiger partial charge in [0, 0.05) is 29.4 Å². The molecule has 0 fully saturated rings. The lowest BCUT2D eigenvalue weighted by Gasteiger charge is -2.20. The van der Waals surface area contributed by atoms with Gasteiger partial charge in [0.25, 0.3) is 0 Å². The number of rotatable bonds is 5. The number of tetrazole rings is 1. The third kappa shape index (κ3) is 3.70. The smallest absolute Gasteiger partial charge is 0.299 e. The van der Waals surface area contributed by atoms with Crippen molar-refractivity contribution in [2.24, 2.45) is 0 Å². The summed E-state index contributed by atoms with van der Waals surface area (Å²) in [6, 6.07) is 16.3. The summed E-state index contributed by atoms with van der Waals surface area (Å²) < 4.78 is 5.32. The van der Waals surface area contributed by atoms with E-state index in [-0.39, 0.29) is 11.1 Å². The highest BCUT2D eigenvalue weighted by molar-refractivity contribution is 5.72. The second-order valence-corrected chi connectivity index (χ2v) is 8.39. The van der Waals surface area contributed by atoms with E-state index in [0.29, 0.717) is 13.1 Å². The maximum absolute atomic E-state index is 12.8. The van der Waals surface area contributed by atoms with Crippen molar-refractivity contribution in [1.29, 1.82) is 0 Å². The molecule has 0 radical (unpaired) electrons. The highest BCUT2D eigenvalue weighted by Crippen LogP contribution is 2.27. The monoisotopic (exact) mass is 402 g/mol. The first-order valence-electron chi connectivity index (χ1n) is 10.1. The van der Waals surface area contributed by atoms with E-state index in [4.69, 9.17) is 0 Å². The van der Waals surface area contributed by atoms with Crippen molar-refractivity contribution in [2.75, 3.05) is 0 Å². The topological polar surface area (TPSA) is 70.5 Å². The highest BCUT2D eigenvalue weighted by Gasteiger charge is 2.22. The molecule has 2 heterocycles. The quantitative estimate of drug-likeness (QED) is 0.511. The average Bonchev–Trinajstić information content (AvgIpc) is 3.37. The van der Waals surface area contributed by atoms with Gasteiger partial charge in [0.2, 0.25) is 0 Å².